The molecule has 2 unspecified atom stereocenters. The first-order valence-corrected chi connectivity index (χ1v) is 6.64. The summed E-state index contributed by atoms with van der Waals surface area (Å²) in [5, 5.41) is 7.22. The smallest absolute Gasteiger partial charge is 0.00795 e. The SMILES string of the molecule is CC1NCCC1CNCC1(C)CCCC1. The van der Waals surface area contributed by atoms with E-state index in [4.69, 9.17) is 0 Å². The molecule has 2 heteroatoms. The van der Waals surface area contributed by atoms with Gasteiger partial charge < -0.3 is 10.6 Å². The molecule has 2 rings (SSSR count). The molecule has 2 N–H and O–H groups in total. The normalized spacial score (nSPS) is 34.8. The third kappa shape index (κ3) is 2.94. The predicted molar refractivity (Wildman–Crippen MR) is 65.0 cm³/mol. The molecule has 1 aliphatic carbocycles. The summed E-state index contributed by atoms with van der Waals surface area (Å²) < 4.78 is 0. The molecule has 2 atom stereocenters. The van der Waals surface area contributed by atoms with E-state index in [-0.39, 0.29) is 0 Å². The Morgan fingerprint density at radius 2 is 2.07 bits per heavy atom. The van der Waals surface area contributed by atoms with Crippen LogP contribution in [-0.4, -0.2) is 25.7 Å². The van der Waals surface area contributed by atoms with Gasteiger partial charge in [-0.1, -0.05) is 19.8 Å². The van der Waals surface area contributed by atoms with Crippen LogP contribution in [0.2, 0.25) is 0 Å². The van der Waals surface area contributed by atoms with Crippen molar-refractivity contribution in [3.05, 3.63) is 0 Å². The summed E-state index contributed by atoms with van der Waals surface area (Å²) in [6.07, 6.45) is 7.10. The van der Waals surface area contributed by atoms with Gasteiger partial charge in [0.1, 0.15) is 0 Å². The lowest BCUT2D eigenvalue weighted by molar-refractivity contribution is 0.300. The second kappa shape index (κ2) is 4.84. The minimum Gasteiger partial charge on any atom is -0.316 e. The maximum atomic E-state index is 3.70. The molecule has 1 heterocycles. The van der Waals surface area contributed by atoms with Gasteiger partial charge in [-0.15, -0.1) is 0 Å². The molecule has 0 amide bonds. The van der Waals surface area contributed by atoms with Crippen LogP contribution in [0.4, 0.5) is 0 Å². The standard InChI is InChI=1S/C13H26N2/c1-11-12(5-8-15-11)9-14-10-13(2)6-3-4-7-13/h11-12,14-15H,3-10H2,1-2H3. The topological polar surface area (TPSA) is 24.1 Å². The van der Waals surface area contributed by atoms with Crippen molar-refractivity contribution in [2.24, 2.45) is 11.3 Å². The molecule has 1 saturated heterocycles. The highest BCUT2D eigenvalue weighted by Gasteiger charge is 2.29. The van der Waals surface area contributed by atoms with E-state index in [0.29, 0.717) is 11.5 Å². The molecular formula is C13H26N2. The molecule has 0 aromatic heterocycles. The van der Waals surface area contributed by atoms with Crippen molar-refractivity contribution in [2.45, 2.75) is 52.0 Å². The van der Waals surface area contributed by atoms with Crippen LogP contribution >= 0.6 is 0 Å². The zero-order valence-electron chi connectivity index (χ0n) is 10.3. The summed E-state index contributed by atoms with van der Waals surface area (Å²) in [7, 11) is 0. The summed E-state index contributed by atoms with van der Waals surface area (Å²) in [5.74, 6) is 0.856. The third-order valence-corrected chi connectivity index (χ3v) is 4.46. The van der Waals surface area contributed by atoms with Crippen LogP contribution in [0.25, 0.3) is 0 Å². The molecule has 2 aliphatic rings. The van der Waals surface area contributed by atoms with Crippen LogP contribution in [0.15, 0.2) is 0 Å². The van der Waals surface area contributed by atoms with E-state index in [1.165, 1.54) is 51.7 Å². The molecule has 0 aromatic rings. The van der Waals surface area contributed by atoms with Crippen molar-refractivity contribution in [1.29, 1.82) is 0 Å². The van der Waals surface area contributed by atoms with Crippen molar-refractivity contribution in [3.63, 3.8) is 0 Å². The van der Waals surface area contributed by atoms with E-state index < -0.39 is 0 Å². The zero-order chi connectivity index (χ0) is 10.7. The average molecular weight is 210 g/mol. The maximum Gasteiger partial charge on any atom is 0.00795 e. The Balaban J connectivity index is 1.65. The second-order valence-electron chi connectivity index (χ2n) is 5.94. The van der Waals surface area contributed by atoms with Gasteiger partial charge in [0.05, 0.1) is 0 Å². The largest absolute Gasteiger partial charge is 0.316 e. The third-order valence-electron chi connectivity index (χ3n) is 4.46. The minimum absolute atomic E-state index is 0.606. The van der Waals surface area contributed by atoms with Crippen LogP contribution in [0.1, 0.15) is 46.0 Å². The molecule has 0 bridgehead atoms. The molecule has 0 aromatic carbocycles. The summed E-state index contributed by atoms with van der Waals surface area (Å²) in [6, 6.07) is 0.717. The van der Waals surface area contributed by atoms with Crippen molar-refractivity contribution >= 4 is 0 Å². The van der Waals surface area contributed by atoms with E-state index in [9.17, 15) is 0 Å². The van der Waals surface area contributed by atoms with E-state index >= 15 is 0 Å². The van der Waals surface area contributed by atoms with E-state index in [1.807, 2.05) is 0 Å². The Labute approximate surface area is 94.2 Å². The van der Waals surface area contributed by atoms with Gasteiger partial charge in [0, 0.05) is 12.6 Å². The monoisotopic (exact) mass is 210 g/mol. The van der Waals surface area contributed by atoms with Gasteiger partial charge in [0.25, 0.3) is 0 Å². The Hall–Kier alpha value is -0.0800. The van der Waals surface area contributed by atoms with Crippen molar-refractivity contribution in [3.8, 4) is 0 Å². The zero-order valence-corrected chi connectivity index (χ0v) is 10.3. The first kappa shape index (κ1) is 11.4. The molecule has 2 nitrogen and oxygen atoms in total. The summed E-state index contributed by atoms with van der Waals surface area (Å²) in [5.41, 5.74) is 0.606. The van der Waals surface area contributed by atoms with E-state index in [1.54, 1.807) is 0 Å². The van der Waals surface area contributed by atoms with E-state index in [0.717, 1.165) is 5.92 Å². The van der Waals surface area contributed by atoms with Crippen molar-refractivity contribution in [1.82, 2.24) is 10.6 Å². The number of hydrogen-bond acceptors (Lipinski definition) is 2. The lowest BCUT2D eigenvalue weighted by Crippen LogP contribution is -2.36. The highest BCUT2D eigenvalue weighted by molar-refractivity contribution is 4.85. The van der Waals surface area contributed by atoms with Crippen molar-refractivity contribution < 1.29 is 0 Å². The quantitative estimate of drug-likeness (QED) is 0.743. The van der Waals surface area contributed by atoms with Gasteiger partial charge in [-0.25, -0.2) is 0 Å². The van der Waals surface area contributed by atoms with Gasteiger partial charge in [0.2, 0.25) is 0 Å². The number of rotatable bonds is 4. The van der Waals surface area contributed by atoms with E-state index in [2.05, 4.69) is 24.5 Å². The minimum atomic E-state index is 0.606. The fourth-order valence-corrected chi connectivity index (χ4v) is 3.16. The van der Waals surface area contributed by atoms with Gasteiger partial charge >= 0.3 is 0 Å². The lowest BCUT2D eigenvalue weighted by atomic mass is 9.88. The van der Waals surface area contributed by atoms with Gasteiger partial charge in [0.15, 0.2) is 0 Å². The highest BCUT2D eigenvalue weighted by Crippen LogP contribution is 2.36. The van der Waals surface area contributed by atoms with Crippen LogP contribution in [0.5, 0.6) is 0 Å². The maximum absolute atomic E-state index is 3.70. The van der Waals surface area contributed by atoms with Gasteiger partial charge in [-0.2, -0.15) is 0 Å². The predicted octanol–water partition coefficient (Wildman–Crippen LogP) is 2.15. The second-order valence-corrected chi connectivity index (χ2v) is 5.94. The van der Waals surface area contributed by atoms with Gasteiger partial charge in [-0.3, -0.25) is 0 Å². The molecule has 1 aliphatic heterocycles. The van der Waals surface area contributed by atoms with Crippen molar-refractivity contribution in [2.75, 3.05) is 19.6 Å². The van der Waals surface area contributed by atoms with Crippen LogP contribution in [0, 0.1) is 11.3 Å². The molecule has 0 radical (unpaired) electrons. The first-order chi connectivity index (χ1) is 7.20. The van der Waals surface area contributed by atoms with Crippen LogP contribution in [0.3, 0.4) is 0 Å². The van der Waals surface area contributed by atoms with Gasteiger partial charge in [-0.05, 0) is 50.6 Å². The molecule has 1 saturated carbocycles. The molecule has 2 fully saturated rings. The summed E-state index contributed by atoms with van der Waals surface area (Å²) in [6.45, 7) is 8.42. The molecule has 15 heavy (non-hydrogen) atoms. The molecular weight excluding hydrogens is 184 g/mol. The fourth-order valence-electron chi connectivity index (χ4n) is 3.16. The fraction of sp³-hybridized carbons (Fsp3) is 1.00. The van der Waals surface area contributed by atoms with Crippen LogP contribution in [-0.2, 0) is 0 Å². The number of nitrogens with one attached hydrogen (secondary N) is 2. The van der Waals surface area contributed by atoms with Crippen LogP contribution < -0.4 is 10.6 Å². The Morgan fingerprint density at radius 3 is 2.67 bits per heavy atom. The Morgan fingerprint density at radius 1 is 1.33 bits per heavy atom. The number of hydrogen-bond donors (Lipinski definition) is 2. The summed E-state index contributed by atoms with van der Waals surface area (Å²) >= 11 is 0. The lowest BCUT2D eigenvalue weighted by Gasteiger charge is -2.25. The molecule has 0 spiro atoms. The highest BCUT2D eigenvalue weighted by atomic mass is 15.0. The first-order valence-electron chi connectivity index (χ1n) is 6.64. The Kier molecular flexibility index (Phi) is 3.68. The summed E-state index contributed by atoms with van der Waals surface area (Å²) in [4.78, 5) is 0. The Bertz CT molecular complexity index is 197. The molecule has 88 valence electrons. The average Bonchev–Trinajstić information content (AvgIpc) is 2.78.